The van der Waals surface area contributed by atoms with Crippen molar-refractivity contribution in [1.82, 2.24) is 9.55 Å². The Balaban J connectivity index is 1.74. The minimum atomic E-state index is 0.687. The molecule has 1 aliphatic carbocycles. The first-order chi connectivity index (χ1) is 6.93. The molecule has 76 valence electrons. The van der Waals surface area contributed by atoms with Gasteiger partial charge in [0.05, 0.1) is 0 Å². The lowest BCUT2D eigenvalue weighted by molar-refractivity contribution is 0.392. The molecule has 3 nitrogen and oxygen atoms in total. The summed E-state index contributed by atoms with van der Waals surface area (Å²) in [5, 5.41) is 3.57. The highest BCUT2D eigenvalue weighted by Crippen LogP contribution is 2.32. The Hall–Kier alpha value is -0.990. The first-order valence-corrected chi connectivity index (χ1v) is 5.71. The van der Waals surface area contributed by atoms with Gasteiger partial charge < -0.3 is 9.88 Å². The zero-order valence-electron chi connectivity index (χ0n) is 8.45. The van der Waals surface area contributed by atoms with Crippen molar-refractivity contribution in [2.24, 2.45) is 5.92 Å². The summed E-state index contributed by atoms with van der Waals surface area (Å²) in [6.07, 6.45) is 10.9. The average Bonchev–Trinajstić information content (AvgIpc) is 2.88. The van der Waals surface area contributed by atoms with E-state index in [9.17, 15) is 0 Å². The molecule has 1 aliphatic heterocycles. The number of hydrogen-bond acceptors (Lipinski definition) is 2. The minimum Gasteiger partial charge on any atom is -0.353 e. The number of aromatic nitrogens is 2. The van der Waals surface area contributed by atoms with Crippen LogP contribution in [0.2, 0.25) is 0 Å². The Morgan fingerprint density at radius 2 is 2.14 bits per heavy atom. The maximum Gasteiger partial charge on any atom is 0.202 e. The number of imidazole rings is 1. The van der Waals surface area contributed by atoms with Crippen LogP contribution in [0.15, 0.2) is 12.4 Å². The zero-order valence-corrected chi connectivity index (χ0v) is 8.45. The monoisotopic (exact) mass is 191 g/mol. The second-order valence-electron chi connectivity index (χ2n) is 4.53. The van der Waals surface area contributed by atoms with Crippen molar-refractivity contribution in [3.8, 4) is 0 Å². The van der Waals surface area contributed by atoms with Gasteiger partial charge in [-0.15, -0.1) is 0 Å². The third kappa shape index (κ3) is 1.31. The van der Waals surface area contributed by atoms with Crippen molar-refractivity contribution in [2.45, 2.75) is 44.7 Å². The Morgan fingerprint density at radius 1 is 1.29 bits per heavy atom. The third-order valence-corrected chi connectivity index (χ3v) is 3.68. The molecule has 2 aliphatic rings. The first-order valence-electron chi connectivity index (χ1n) is 5.71. The standard InChI is InChI=1S/C11H17N3/c1-2-4-9(3-1)10-5-7-14-8-6-12-11(14)13-10/h6,8-10H,1-5,7H2,(H,12,13). The highest BCUT2D eigenvalue weighted by atomic mass is 15.2. The lowest BCUT2D eigenvalue weighted by atomic mass is 9.94. The molecule has 1 aromatic heterocycles. The van der Waals surface area contributed by atoms with Gasteiger partial charge in [-0.25, -0.2) is 4.98 Å². The fraction of sp³-hybridized carbons (Fsp3) is 0.727. The van der Waals surface area contributed by atoms with E-state index in [0.717, 1.165) is 18.4 Å². The SMILES string of the molecule is c1cn2c(n1)NC(C1CCCC1)CC2. The number of fused-ring (bicyclic) bond motifs is 1. The van der Waals surface area contributed by atoms with Gasteiger partial charge in [-0.3, -0.25) is 0 Å². The second kappa shape index (κ2) is 3.30. The molecule has 1 aromatic rings. The van der Waals surface area contributed by atoms with Crippen molar-refractivity contribution in [3.05, 3.63) is 12.4 Å². The molecule has 3 heteroatoms. The van der Waals surface area contributed by atoms with Crippen molar-refractivity contribution in [2.75, 3.05) is 5.32 Å². The Labute approximate surface area is 84.5 Å². The zero-order chi connectivity index (χ0) is 9.38. The molecule has 0 saturated heterocycles. The molecule has 1 saturated carbocycles. The van der Waals surface area contributed by atoms with Crippen LogP contribution in [0.5, 0.6) is 0 Å². The topological polar surface area (TPSA) is 29.9 Å². The van der Waals surface area contributed by atoms with E-state index in [-0.39, 0.29) is 0 Å². The summed E-state index contributed by atoms with van der Waals surface area (Å²) in [5.41, 5.74) is 0. The fourth-order valence-corrected chi connectivity index (χ4v) is 2.86. The summed E-state index contributed by atoms with van der Waals surface area (Å²) in [7, 11) is 0. The first kappa shape index (κ1) is 8.33. The maximum absolute atomic E-state index is 4.33. The molecule has 0 spiro atoms. The molecule has 1 N–H and O–H groups in total. The van der Waals surface area contributed by atoms with Crippen LogP contribution in [0.4, 0.5) is 5.95 Å². The van der Waals surface area contributed by atoms with Crippen LogP contribution in [0.25, 0.3) is 0 Å². The molecule has 0 radical (unpaired) electrons. The van der Waals surface area contributed by atoms with E-state index < -0.39 is 0 Å². The third-order valence-electron chi connectivity index (χ3n) is 3.68. The van der Waals surface area contributed by atoms with E-state index in [1.165, 1.54) is 32.1 Å². The summed E-state index contributed by atoms with van der Waals surface area (Å²) in [6.45, 7) is 1.14. The lowest BCUT2D eigenvalue weighted by Gasteiger charge is -2.29. The molecule has 1 unspecified atom stereocenters. The van der Waals surface area contributed by atoms with E-state index in [1.807, 2.05) is 6.20 Å². The summed E-state index contributed by atoms with van der Waals surface area (Å²) < 4.78 is 2.21. The highest BCUT2D eigenvalue weighted by molar-refractivity contribution is 5.30. The van der Waals surface area contributed by atoms with E-state index in [4.69, 9.17) is 0 Å². The number of hydrogen-bond donors (Lipinski definition) is 1. The van der Waals surface area contributed by atoms with Crippen LogP contribution in [0.1, 0.15) is 32.1 Å². The van der Waals surface area contributed by atoms with Crippen LogP contribution in [0, 0.1) is 5.92 Å². The molecule has 1 fully saturated rings. The summed E-state index contributed by atoms with van der Waals surface area (Å²) in [5.74, 6) is 1.98. The molecule has 0 bridgehead atoms. The van der Waals surface area contributed by atoms with Crippen molar-refractivity contribution in [1.29, 1.82) is 0 Å². The van der Waals surface area contributed by atoms with E-state index in [2.05, 4.69) is 21.1 Å². The molecule has 1 atom stereocenters. The molecule has 0 aromatic carbocycles. The number of nitrogens with zero attached hydrogens (tertiary/aromatic N) is 2. The van der Waals surface area contributed by atoms with E-state index in [0.29, 0.717) is 6.04 Å². The largest absolute Gasteiger partial charge is 0.353 e. The van der Waals surface area contributed by atoms with E-state index >= 15 is 0 Å². The Bertz CT molecular complexity index is 312. The number of nitrogens with one attached hydrogen (secondary N) is 1. The Kier molecular flexibility index (Phi) is 1.96. The molecule has 3 rings (SSSR count). The molecule has 14 heavy (non-hydrogen) atoms. The molecular formula is C11H17N3. The Morgan fingerprint density at radius 3 is 3.00 bits per heavy atom. The minimum absolute atomic E-state index is 0.687. The van der Waals surface area contributed by atoms with Gasteiger partial charge in [0.15, 0.2) is 0 Å². The van der Waals surface area contributed by atoms with Gasteiger partial charge >= 0.3 is 0 Å². The van der Waals surface area contributed by atoms with Crippen molar-refractivity contribution in [3.63, 3.8) is 0 Å². The second-order valence-corrected chi connectivity index (χ2v) is 4.53. The number of anilines is 1. The predicted octanol–water partition coefficient (Wildman–Crippen LogP) is 2.26. The molecule has 0 amide bonds. The van der Waals surface area contributed by atoms with Gasteiger partial charge in [-0.1, -0.05) is 12.8 Å². The van der Waals surface area contributed by atoms with Gasteiger partial charge in [0.1, 0.15) is 0 Å². The van der Waals surface area contributed by atoms with Crippen LogP contribution >= 0.6 is 0 Å². The van der Waals surface area contributed by atoms with Gasteiger partial charge in [0, 0.05) is 25.0 Å². The lowest BCUT2D eigenvalue weighted by Crippen LogP contribution is -2.34. The maximum atomic E-state index is 4.33. The van der Waals surface area contributed by atoms with Gasteiger partial charge in [0.25, 0.3) is 0 Å². The summed E-state index contributed by atoms with van der Waals surface area (Å²) in [4.78, 5) is 4.33. The highest BCUT2D eigenvalue weighted by Gasteiger charge is 2.28. The van der Waals surface area contributed by atoms with Crippen LogP contribution in [-0.4, -0.2) is 15.6 Å². The summed E-state index contributed by atoms with van der Waals surface area (Å²) >= 11 is 0. The van der Waals surface area contributed by atoms with Crippen LogP contribution in [0.3, 0.4) is 0 Å². The van der Waals surface area contributed by atoms with Crippen LogP contribution in [-0.2, 0) is 6.54 Å². The quantitative estimate of drug-likeness (QED) is 0.738. The molecule has 2 heterocycles. The van der Waals surface area contributed by atoms with Gasteiger partial charge in [-0.05, 0) is 25.2 Å². The summed E-state index contributed by atoms with van der Waals surface area (Å²) in [6, 6.07) is 0.687. The van der Waals surface area contributed by atoms with E-state index in [1.54, 1.807) is 0 Å². The molecular weight excluding hydrogens is 174 g/mol. The van der Waals surface area contributed by atoms with Crippen molar-refractivity contribution < 1.29 is 0 Å². The van der Waals surface area contributed by atoms with Crippen molar-refractivity contribution >= 4 is 5.95 Å². The van der Waals surface area contributed by atoms with Gasteiger partial charge in [-0.2, -0.15) is 0 Å². The smallest absolute Gasteiger partial charge is 0.202 e. The average molecular weight is 191 g/mol. The van der Waals surface area contributed by atoms with Crippen LogP contribution < -0.4 is 5.32 Å². The van der Waals surface area contributed by atoms with Gasteiger partial charge in [0.2, 0.25) is 5.95 Å². The number of aryl methyl sites for hydroxylation is 1. The number of rotatable bonds is 1. The normalized spacial score (nSPS) is 27.3. The fourth-order valence-electron chi connectivity index (χ4n) is 2.86. The predicted molar refractivity (Wildman–Crippen MR) is 56.2 cm³/mol.